The van der Waals surface area contributed by atoms with E-state index in [4.69, 9.17) is 4.74 Å². The molecule has 1 amide bonds. The Morgan fingerprint density at radius 3 is 2.54 bits per heavy atom. The molecule has 0 saturated carbocycles. The molecule has 2 aromatic carbocycles. The summed E-state index contributed by atoms with van der Waals surface area (Å²) in [5, 5.41) is 5.99. The van der Waals surface area contributed by atoms with Crippen LogP contribution >= 0.6 is 0 Å². The van der Waals surface area contributed by atoms with Crippen LogP contribution in [0.4, 0.5) is 17.1 Å². The molecule has 0 bridgehead atoms. The normalized spacial score (nSPS) is 10.2. The smallest absolute Gasteiger partial charge is 0.274 e. The van der Waals surface area contributed by atoms with E-state index in [2.05, 4.69) is 15.6 Å². The van der Waals surface area contributed by atoms with Crippen molar-refractivity contribution < 1.29 is 14.3 Å². The van der Waals surface area contributed by atoms with Gasteiger partial charge in [0.2, 0.25) is 0 Å². The summed E-state index contributed by atoms with van der Waals surface area (Å²) in [6, 6.07) is 17.9. The number of carbonyl (C=O) groups excluding carboxylic acids is 2. The lowest BCUT2D eigenvalue weighted by molar-refractivity contribution is 0.101. The van der Waals surface area contributed by atoms with Crippen molar-refractivity contribution in [3.63, 3.8) is 0 Å². The molecule has 0 fully saturated rings. The summed E-state index contributed by atoms with van der Waals surface area (Å²) in [6.45, 7) is 3.92. The second-order valence-corrected chi connectivity index (χ2v) is 6.08. The Bertz CT molecular complexity index is 984. The Morgan fingerprint density at radius 2 is 1.82 bits per heavy atom. The van der Waals surface area contributed by atoms with E-state index in [1.165, 1.54) is 6.92 Å². The molecular weight excluding hydrogens is 354 g/mol. The number of aromatic nitrogens is 1. The lowest BCUT2D eigenvalue weighted by Gasteiger charge is -2.11. The van der Waals surface area contributed by atoms with Crippen LogP contribution in [-0.4, -0.2) is 23.3 Å². The molecular formula is C22H21N3O3. The highest BCUT2D eigenvalue weighted by atomic mass is 16.5. The van der Waals surface area contributed by atoms with Crippen LogP contribution < -0.4 is 15.4 Å². The summed E-state index contributed by atoms with van der Waals surface area (Å²) in [5.41, 5.74) is 3.00. The van der Waals surface area contributed by atoms with Gasteiger partial charge < -0.3 is 15.4 Å². The zero-order chi connectivity index (χ0) is 19.9. The number of amides is 1. The van der Waals surface area contributed by atoms with Crippen LogP contribution in [0, 0.1) is 0 Å². The highest BCUT2D eigenvalue weighted by molar-refractivity contribution is 6.03. The van der Waals surface area contributed by atoms with E-state index in [-0.39, 0.29) is 17.4 Å². The molecule has 0 atom stereocenters. The molecule has 3 rings (SSSR count). The first-order valence-corrected chi connectivity index (χ1v) is 8.94. The van der Waals surface area contributed by atoms with E-state index in [1.54, 1.807) is 42.6 Å². The molecule has 0 aliphatic carbocycles. The van der Waals surface area contributed by atoms with Gasteiger partial charge in [0.05, 0.1) is 24.2 Å². The number of para-hydroxylation sites is 2. The maximum atomic E-state index is 12.5. The molecule has 6 heteroatoms. The van der Waals surface area contributed by atoms with Gasteiger partial charge in [-0.1, -0.05) is 24.3 Å². The molecule has 1 aromatic heterocycles. The summed E-state index contributed by atoms with van der Waals surface area (Å²) in [7, 11) is 0. The number of pyridine rings is 1. The summed E-state index contributed by atoms with van der Waals surface area (Å²) in [6.07, 6.45) is 1.57. The second-order valence-electron chi connectivity index (χ2n) is 6.08. The van der Waals surface area contributed by atoms with Crippen LogP contribution in [0.15, 0.2) is 66.9 Å². The number of ether oxygens (including phenoxy) is 1. The van der Waals surface area contributed by atoms with E-state index in [1.807, 2.05) is 31.2 Å². The lowest BCUT2D eigenvalue weighted by Crippen LogP contribution is -2.14. The largest absolute Gasteiger partial charge is 0.492 e. The van der Waals surface area contributed by atoms with Gasteiger partial charge in [-0.15, -0.1) is 0 Å². The molecule has 3 aromatic rings. The molecule has 0 saturated heterocycles. The highest BCUT2D eigenvalue weighted by Gasteiger charge is 2.11. The summed E-state index contributed by atoms with van der Waals surface area (Å²) >= 11 is 0. The van der Waals surface area contributed by atoms with Gasteiger partial charge in [0.25, 0.3) is 5.91 Å². The number of anilines is 3. The minimum absolute atomic E-state index is 0.00104. The molecule has 2 N–H and O–H groups in total. The molecule has 0 aliphatic rings. The average Bonchev–Trinajstić information content (AvgIpc) is 2.70. The number of nitrogens with zero attached hydrogens (tertiary/aromatic N) is 1. The predicted molar refractivity (Wildman–Crippen MR) is 110 cm³/mol. The maximum Gasteiger partial charge on any atom is 0.274 e. The van der Waals surface area contributed by atoms with Crippen molar-refractivity contribution >= 4 is 28.8 Å². The van der Waals surface area contributed by atoms with Crippen molar-refractivity contribution in [3.05, 3.63) is 78.1 Å². The van der Waals surface area contributed by atoms with Crippen LogP contribution in [0.2, 0.25) is 0 Å². The van der Waals surface area contributed by atoms with Crippen molar-refractivity contribution in [2.24, 2.45) is 0 Å². The van der Waals surface area contributed by atoms with Crippen LogP contribution in [0.25, 0.3) is 0 Å². The number of rotatable bonds is 7. The molecule has 28 heavy (non-hydrogen) atoms. The van der Waals surface area contributed by atoms with Gasteiger partial charge in [-0.05, 0) is 50.2 Å². The van der Waals surface area contributed by atoms with E-state index in [0.717, 1.165) is 5.69 Å². The molecule has 6 nitrogen and oxygen atoms in total. The number of Topliss-reactive ketones (excluding diaryl/α,β-unsaturated/α-hetero) is 1. The Kier molecular flexibility index (Phi) is 6.01. The third kappa shape index (κ3) is 4.73. The van der Waals surface area contributed by atoms with Crippen molar-refractivity contribution in [1.82, 2.24) is 4.98 Å². The Hall–Kier alpha value is -3.67. The molecule has 1 heterocycles. The Morgan fingerprint density at radius 1 is 1.00 bits per heavy atom. The van der Waals surface area contributed by atoms with Gasteiger partial charge in [0, 0.05) is 11.3 Å². The summed E-state index contributed by atoms with van der Waals surface area (Å²) < 4.78 is 5.52. The van der Waals surface area contributed by atoms with Gasteiger partial charge in [0.15, 0.2) is 5.78 Å². The quantitative estimate of drug-likeness (QED) is 0.586. The van der Waals surface area contributed by atoms with Crippen LogP contribution in [0.5, 0.6) is 5.75 Å². The highest BCUT2D eigenvalue weighted by Crippen LogP contribution is 2.24. The number of carbonyl (C=O) groups is 2. The number of nitrogens with one attached hydrogen (secondary N) is 2. The van der Waals surface area contributed by atoms with Crippen LogP contribution in [-0.2, 0) is 0 Å². The summed E-state index contributed by atoms with van der Waals surface area (Å²) in [4.78, 5) is 28.2. The zero-order valence-electron chi connectivity index (χ0n) is 15.7. The topological polar surface area (TPSA) is 80.3 Å². The molecule has 0 radical (unpaired) electrons. The van der Waals surface area contributed by atoms with Gasteiger partial charge in [-0.25, -0.2) is 4.98 Å². The van der Waals surface area contributed by atoms with Crippen molar-refractivity contribution in [2.45, 2.75) is 13.8 Å². The SMILES string of the molecule is CCOc1ccccc1NC(=O)c1ccc(Nc2cccc(C(C)=O)c2)cn1. The monoisotopic (exact) mass is 375 g/mol. The van der Waals surface area contributed by atoms with Gasteiger partial charge in [-0.2, -0.15) is 0 Å². The van der Waals surface area contributed by atoms with Gasteiger partial charge in [-0.3, -0.25) is 9.59 Å². The van der Waals surface area contributed by atoms with Crippen molar-refractivity contribution in [1.29, 1.82) is 0 Å². The average molecular weight is 375 g/mol. The first-order valence-electron chi connectivity index (χ1n) is 8.94. The minimum Gasteiger partial charge on any atom is -0.492 e. The molecule has 0 unspecified atom stereocenters. The predicted octanol–water partition coefficient (Wildman–Crippen LogP) is 4.68. The minimum atomic E-state index is -0.322. The lowest BCUT2D eigenvalue weighted by atomic mass is 10.1. The first kappa shape index (κ1) is 19.1. The Labute approximate surface area is 163 Å². The number of hydrogen-bond donors (Lipinski definition) is 2. The first-order chi connectivity index (χ1) is 13.6. The fraction of sp³-hybridized carbons (Fsp3) is 0.136. The van der Waals surface area contributed by atoms with Gasteiger partial charge >= 0.3 is 0 Å². The van der Waals surface area contributed by atoms with E-state index >= 15 is 0 Å². The number of benzene rings is 2. The van der Waals surface area contributed by atoms with E-state index < -0.39 is 0 Å². The number of hydrogen-bond acceptors (Lipinski definition) is 5. The van der Waals surface area contributed by atoms with E-state index in [9.17, 15) is 9.59 Å². The standard InChI is InChI=1S/C22H21N3O3/c1-3-28-21-10-5-4-9-19(21)25-22(27)20-12-11-18(14-23-20)24-17-8-6-7-16(13-17)15(2)26/h4-14,24H,3H2,1-2H3,(H,25,27). The van der Waals surface area contributed by atoms with Gasteiger partial charge in [0.1, 0.15) is 11.4 Å². The fourth-order valence-corrected chi connectivity index (χ4v) is 2.62. The van der Waals surface area contributed by atoms with Crippen LogP contribution in [0.3, 0.4) is 0 Å². The summed E-state index contributed by atoms with van der Waals surface area (Å²) in [5.74, 6) is 0.292. The third-order valence-corrected chi connectivity index (χ3v) is 3.99. The zero-order valence-corrected chi connectivity index (χ0v) is 15.7. The molecule has 0 aliphatic heterocycles. The fourth-order valence-electron chi connectivity index (χ4n) is 2.62. The number of ketones is 1. The van der Waals surface area contributed by atoms with Crippen molar-refractivity contribution in [3.8, 4) is 5.75 Å². The maximum absolute atomic E-state index is 12.5. The van der Waals surface area contributed by atoms with Crippen molar-refractivity contribution in [2.75, 3.05) is 17.2 Å². The second kappa shape index (κ2) is 8.81. The van der Waals surface area contributed by atoms with Crippen LogP contribution in [0.1, 0.15) is 34.7 Å². The molecule has 0 spiro atoms. The Balaban J connectivity index is 1.70. The third-order valence-electron chi connectivity index (χ3n) is 3.99. The molecule has 142 valence electrons. The van der Waals surface area contributed by atoms with E-state index in [0.29, 0.717) is 29.3 Å².